The summed E-state index contributed by atoms with van der Waals surface area (Å²) in [4.78, 5) is 19.9. The number of nitrogens with zero attached hydrogens (tertiary/aromatic N) is 5. The number of aromatic amines is 1. The summed E-state index contributed by atoms with van der Waals surface area (Å²) in [6, 6.07) is 6.30. The molecule has 0 spiro atoms. The Kier molecular flexibility index (Phi) is 5.54. The molecule has 10 heteroatoms. The van der Waals surface area contributed by atoms with E-state index >= 15 is 0 Å². The highest BCUT2D eigenvalue weighted by molar-refractivity contribution is 7.90. The van der Waals surface area contributed by atoms with E-state index in [9.17, 15) is 8.42 Å². The molecule has 2 saturated heterocycles. The van der Waals surface area contributed by atoms with E-state index in [4.69, 9.17) is 14.7 Å². The Bertz CT molecular complexity index is 1300. The number of hydrogen-bond acceptors (Lipinski definition) is 7. The molecule has 6 rings (SSSR count). The highest BCUT2D eigenvalue weighted by Gasteiger charge is 2.41. The molecule has 2 aliphatic heterocycles. The van der Waals surface area contributed by atoms with Crippen LogP contribution in [0.2, 0.25) is 0 Å². The van der Waals surface area contributed by atoms with Crippen LogP contribution < -0.4 is 4.90 Å². The van der Waals surface area contributed by atoms with Crippen LogP contribution in [0.3, 0.4) is 0 Å². The third kappa shape index (κ3) is 3.97. The van der Waals surface area contributed by atoms with Gasteiger partial charge < -0.3 is 14.6 Å². The van der Waals surface area contributed by atoms with Crippen molar-refractivity contribution in [3.63, 3.8) is 0 Å². The first-order chi connectivity index (χ1) is 16.5. The number of morpholine rings is 1. The van der Waals surface area contributed by atoms with Gasteiger partial charge in [-0.2, -0.15) is 0 Å². The second-order valence-corrected chi connectivity index (χ2v) is 11.8. The Morgan fingerprint density at radius 2 is 1.91 bits per heavy atom. The van der Waals surface area contributed by atoms with Gasteiger partial charge in [-0.3, -0.25) is 0 Å². The number of hydrogen-bond donors (Lipinski definition) is 1. The van der Waals surface area contributed by atoms with Gasteiger partial charge in [-0.15, -0.1) is 0 Å². The van der Waals surface area contributed by atoms with E-state index in [0.29, 0.717) is 32.1 Å². The zero-order valence-corrected chi connectivity index (χ0v) is 20.2. The largest absolute Gasteiger partial charge is 0.377 e. The lowest BCUT2D eigenvalue weighted by molar-refractivity contribution is 0.0985. The summed E-state index contributed by atoms with van der Waals surface area (Å²) >= 11 is 0. The monoisotopic (exact) mass is 482 g/mol. The van der Waals surface area contributed by atoms with Gasteiger partial charge in [-0.25, -0.2) is 27.7 Å². The van der Waals surface area contributed by atoms with Crippen molar-refractivity contribution in [3.05, 3.63) is 36.3 Å². The summed E-state index contributed by atoms with van der Waals surface area (Å²) < 4.78 is 32.7. The van der Waals surface area contributed by atoms with Crippen LogP contribution in [0.5, 0.6) is 0 Å². The summed E-state index contributed by atoms with van der Waals surface area (Å²) in [5.74, 6) is 1.79. The predicted octanol–water partition coefficient (Wildman–Crippen LogP) is 2.92. The Labute approximate surface area is 199 Å². The number of aromatic nitrogens is 4. The molecule has 0 bridgehead atoms. The number of nitrogens with one attached hydrogen (secondary N) is 1. The molecule has 1 N–H and O–H groups in total. The Morgan fingerprint density at radius 3 is 2.68 bits per heavy atom. The summed E-state index contributed by atoms with van der Waals surface area (Å²) in [7, 11) is -3.13. The molecule has 0 unspecified atom stereocenters. The Morgan fingerprint density at radius 1 is 1.09 bits per heavy atom. The zero-order valence-electron chi connectivity index (χ0n) is 19.4. The van der Waals surface area contributed by atoms with Crippen LogP contribution in [0.1, 0.15) is 44.2 Å². The Balaban J connectivity index is 1.36. The van der Waals surface area contributed by atoms with Gasteiger partial charge in [0.05, 0.1) is 24.5 Å². The molecule has 0 amide bonds. The van der Waals surface area contributed by atoms with Crippen molar-refractivity contribution in [2.45, 2.75) is 49.8 Å². The summed E-state index contributed by atoms with van der Waals surface area (Å²) in [5.41, 5.74) is 2.75. The fourth-order valence-electron chi connectivity index (χ4n) is 5.14. The molecule has 0 radical (unpaired) electrons. The second-order valence-electron chi connectivity index (χ2n) is 9.61. The topological polar surface area (TPSA) is 104 Å². The lowest BCUT2D eigenvalue weighted by atomic mass is 9.94. The molecule has 180 valence electrons. The van der Waals surface area contributed by atoms with Gasteiger partial charge in [-0.05, 0) is 44.7 Å². The van der Waals surface area contributed by atoms with Crippen molar-refractivity contribution in [2.24, 2.45) is 0 Å². The number of fused-ring (bicyclic) bond motifs is 1. The predicted molar refractivity (Wildman–Crippen MR) is 130 cm³/mol. The van der Waals surface area contributed by atoms with Crippen LogP contribution in [0, 0.1) is 0 Å². The normalized spacial score (nSPS) is 23.0. The van der Waals surface area contributed by atoms with Crippen LogP contribution in [0.15, 0.2) is 30.6 Å². The number of ether oxygens (including phenoxy) is 1. The zero-order chi connectivity index (χ0) is 23.3. The van der Waals surface area contributed by atoms with E-state index in [1.54, 1.807) is 10.5 Å². The first-order valence-corrected chi connectivity index (χ1v) is 13.7. The van der Waals surface area contributed by atoms with E-state index in [1.807, 2.05) is 18.3 Å². The lowest BCUT2D eigenvalue weighted by Crippen LogP contribution is -2.44. The average molecular weight is 483 g/mol. The highest BCUT2D eigenvalue weighted by atomic mass is 32.2. The number of anilines is 1. The minimum absolute atomic E-state index is 0.153. The van der Waals surface area contributed by atoms with E-state index < -0.39 is 10.0 Å². The molecule has 3 aromatic rings. The minimum Gasteiger partial charge on any atom is -0.377 e. The number of rotatable bonds is 5. The van der Waals surface area contributed by atoms with Crippen LogP contribution >= 0.6 is 0 Å². The summed E-state index contributed by atoms with van der Waals surface area (Å²) in [5, 5.41) is 0.838. The van der Waals surface area contributed by atoms with Crippen LogP contribution in [-0.4, -0.2) is 76.8 Å². The summed E-state index contributed by atoms with van der Waals surface area (Å²) in [6.07, 6.45) is 6.82. The van der Waals surface area contributed by atoms with Gasteiger partial charge in [0.25, 0.3) is 0 Å². The van der Waals surface area contributed by atoms with Gasteiger partial charge in [0.2, 0.25) is 10.0 Å². The van der Waals surface area contributed by atoms with E-state index in [2.05, 4.69) is 27.9 Å². The van der Waals surface area contributed by atoms with Gasteiger partial charge in [0, 0.05) is 60.7 Å². The van der Waals surface area contributed by atoms with Crippen molar-refractivity contribution in [3.8, 4) is 11.4 Å². The molecule has 1 saturated carbocycles. The minimum atomic E-state index is -3.13. The van der Waals surface area contributed by atoms with Crippen molar-refractivity contribution in [1.29, 1.82) is 0 Å². The third-order valence-electron chi connectivity index (χ3n) is 7.27. The van der Waals surface area contributed by atoms with Crippen LogP contribution in [0.4, 0.5) is 5.82 Å². The molecule has 9 nitrogen and oxygen atoms in total. The maximum Gasteiger partial charge on any atom is 0.216 e. The molecule has 1 atom stereocenters. The SMILES string of the molecule is C[C@@H]1COCCN1c1cc(C2CCN(S(=O)(=O)C3CC3)CC2)nc(-c2ccnc3[nH]ccc23)n1. The number of piperidine rings is 1. The highest BCUT2D eigenvalue weighted by Crippen LogP contribution is 2.37. The van der Waals surface area contributed by atoms with Gasteiger partial charge in [0.1, 0.15) is 11.5 Å². The lowest BCUT2D eigenvalue weighted by Gasteiger charge is -2.35. The molecular weight excluding hydrogens is 452 g/mol. The number of H-pyrrole nitrogens is 1. The molecule has 3 aliphatic rings. The standard InChI is InChI=1S/C24H30N6O3S/c1-16-15-33-13-12-30(16)22-14-21(17-6-10-29(11-7-17)34(31,32)18-2-3-18)27-24(28-22)20-5-9-26-23-19(20)4-8-25-23/h4-5,8-9,14,16-18H,2-3,6-7,10-13,15H2,1H3,(H,25,26)/t16-/m1/s1. The van der Waals surface area contributed by atoms with Crippen molar-refractivity contribution >= 4 is 26.9 Å². The van der Waals surface area contributed by atoms with Crippen LogP contribution in [-0.2, 0) is 14.8 Å². The molecule has 3 aromatic heterocycles. The number of pyridine rings is 1. The van der Waals surface area contributed by atoms with E-state index in [0.717, 1.165) is 60.3 Å². The van der Waals surface area contributed by atoms with Crippen molar-refractivity contribution < 1.29 is 13.2 Å². The van der Waals surface area contributed by atoms with Crippen LogP contribution in [0.25, 0.3) is 22.4 Å². The first-order valence-electron chi connectivity index (χ1n) is 12.2. The molecular formula is C24H30N6O3S. The fraction of sp³-hybridized carbons (Fsp3) is 0.542. The molecule has 5 heterocycles. The molecule has 1 aliphatic carbocycles. The quantitative estimate of drug-likeness (QED) is 0.596. The smallest absolute Gasteiger partial charge is 0.216 e. The van der Waals surface area contributed by atoms with Crippen molar-refractivity contribution in [2.75, 3.05) is 37.7 Å². The van der Waals surface area contributed by atoms with E-state index in [1.165, 1.54) is 0 Å². The second kappa shape index (κ2) is 8.58. The molecule has 0 aromatic carbocycles. The average Bonchev–Trinajstić information content (AvgIpc) is 3.62. The maximum absolute atomic E-state index is 12.7. The van der Waals surface area contributed by atoms with Crippen molar-refractivity contribution in [1.82, 2.24) is 24.2 Å². The first kappa shape index (κ1) is 21.9. The summed E-state index contributed by atoms with van der Waals surface area (Å²) in [6.45, 7) is 5.40. The molecule has 34 heavy (non-hydrogen) atoms. The third-order valence-corrected chi connectivity index (χ3v) is 9.67. The van der Waals surface area contributed by atoms with Gasteiger partial charge in [0.15, 0.2) is 5.82 Å². The maximum atomic E-state index is 12.7. The fourth-order valence-corrected chi connectivity index (χ4v) is 7.01. The van der Waals surface area contributed by atoms with Gasteiger partial charge >= 0.3 is 0 Å². The Hall–Kier alpha value is -2.56. The van der Waals surface area contributed by atoms with E-state index in [-0.39, 0.29) is 17.2 Å². The van der Waals surface area contributed by atoms with Gasteiger partial charge in [-0.1, -0.05) is 0 Å². The molecule has 3 fully saturated rings. The number of sulfonamides is 1.